The lowest BCUT2D eigenvalue weighted by Gasteiger charge is -2.13. The smallest absolute Gasteiger partial charge is 0.321 e. The summed E-state index contributed by atoms with van der Waals surface area (Å²) in [6, 6.07) is 12.0. The lowest BCUT2D eigenvalue weighted by Crippen LogP contribution is -2.17. The molecule has 0 spiro atoms. The zero-order valence-corrected chi connectivity index (χ0v) is 22.5. The van der Waals surface area contributed by atoms with Crippen LogP contribution in [0.5, 0.6) is 17.6 Å². The standard InChI is InChI=1S/C24H25BrN4O7S/c1-33-22-13-21(27-24(28-22)34-2)29-37(31,32)18-8-6-16(7-9-18)26-23(30)15-5-10-20(19(25)12-15)36-14-17-4-3-11-35-17/h5-10,12-13,17H,3-4,11,14H2,1-2H3,(H,26,30)(H,27,28,29). The Morgan fingerprint density at radius 1 is 1.11 bits per heavy atom. The van der Waals surface area contributed by atoms with Crippen LogP contribution in [0.2, 0.25) is 0 Å². The van der Waals surface area contributed by atoms with Gasteiger partial charge in [0.05, 0.1) is 29.7 Å². The molecule has 0 aliphatic carbocycles. The van der Waals surface area contributed by atoms with Gasteiger partial charge in [-0.05, 0) is 71.2 Å². The van der Waals surface area contributed by atoms with Crippen molar-refractivity contribution in [2.75, 3.05) is 37.5 Å². The number of amides is 1. The molecule has 37 heavy (non-hydrogen) atoms. The number of aromatic nitrogens is 2. The molecule has 1 atom stereocenters. The summed E-state index contributed by atoms with van der Waals surface area (Å²) >= 11 is 3.44. The Labute approximate surface area is 222 Å². The summed E-state index contributed by atoms with van der Waals surface area (Å²) in [4.78, 5) is 20.6. The minimum Gasteiger partial charge on any atom is -0.490 e. The van der Waals surface area contributed by atoms with Gasteiger partial charge in [-0.3, -0.25) is 9.52 Å². The predicted molar refractivity (Wildman–Crippen MR) is 139 cm³/mol. The van der Waals surface area contributed by atoms with Crippen molar-refractivity contribution in [3.05, 3.63) is 58.6 Å². The molecule has 4 rings (SSSR count). The third kappa shape index (κ3) is 6.87. The quantitative estimate of drug-likeness (QED) is 0.359. The SMILES string of the molecule is COc1cc(NS(=O)(=O)c2ccc(NC(=O)c3ccc(OCC4CCCO4)c(Br)c3)cc2)nc(OC)n1. The lowest BCUT2D eigenvalue weighted by atomic mass is 10.2. The third-order valence-corrected chi connectivity index (χ3v) is 7.37. The molecule has 13 heteroatoms. The number of sulfonamides is 1. The van der Waals surface area contributed by atoms with Crippen molar-refractivity contribution in [1.29, 1.82) is 0 Å². The van der Waals surface area contributed by atoms with E-state index in [1.54, 1.807) is 18.2 Å². The second-order valence-electron chi connectivity index (χ2n) is 7.96. The average molecular weight is 593 g/mol. The molecule has 1 aliphatic rings. The second kappa shape index (κ2) is 11.8. The Kier molecular flexibility index (Phi) is 8.46. The molecule has 1 amide bonds. The Bertz CT molecular complexity index is 1340. The summed E-state index contributed by atoms with van der Waals surface area (Å²) in [5.74, 6) is 0.375. The highest BCUT2D eigenvalue weighted by atomic mass is 79.9. The number of carbonyl (C=O) groups is 1. The summed E-state index contributed by atoms with van der Waals surface area (Å²) in [7, 11) is -1.23. The van der Waals surface area contributed by atoms with Crippen molar-refractivity contribution in [3.63, 3.8) is 0 Å². The van der Waals surface area contributed by atoms with Gasteiger partial charge in [-0.15, -0.1) is 0 Å². The minimum atomic E-state index is -3.98. The number of benzene rings is 2. The van der Waals surface area contributed by atoms with Crippen LogP contribution in [0.4, 0.5) is 11.5 Å². The maximum absolute atomic E-state index is 12.8. The van der Waals surface area contributed by atoms with E-state index in [0.717, 1.165) is 19.4 Å². The van der Waals surface area contributed by atoms with Crippen molar-refractivity contribution in [2.45, 2.75) is 23.8 Å². The first-order valence-corrected chi connectivity index (χ1v) is 13.5. The monoisotopic (exact) mass is 592 g/mol. The molecule has 11 nitrogen and oxygen atoms in total. The van der Waals surface area contributed by atoms with Crippen molar-refractivity contribution < 1.29 is 32.2 Å². The van der Waals surface area contributed by atoms with Crippen LogP contribution in [0, 0.1) is 0 Å². The number of methoxy groups -OCH3 is 2. The van der Waals surface area contributed by atoms with Gasteiger partial charge in [0.2, 0.25) is 5.88 Å². The first kappa shape index (κ1) is 26.6. The summed E-state index contributed by atoms with van der Waals surface area (Å²) in [6.07, 6.45) is 2.09. The lowest BCUT2D eigenvalue weighted by molar-refractivity contribution is 0.0677. The second-order valence-corrected chi connectivity index (χ2v) is 10.5. The molecule has 1 saturated heterocycles. The molecular weight excluding hydrogens is 568 g/mol. The summed E-state index contributed by atoms with van der Waals surface area (Å²) in [6.45, 7) is 1.21. The van der Waals surface area contributed by atoms with Gasteiger partial charge in [0.15, 0.2) is 5.82 Å². The molecule has 1 aliphatic heterocycles. The topological polar surface area (TPSA) is 138 Å². The third-order valence-electron chi connectivity index (χ3n) is 5.38. The Hall–Kier alpha value is -3.42. The molecule has 0 saturated carbocycles. The van der Waals surface area contributed by atoms with Crippen LogP contribution < -0.4 is 24.2 Å². The average Bonchev–Trinajstić information content (AvgIpc) is 3.41. The van der Waals surface area contributed by atoms with Gasteiger partial charge in [0.25, 0.3) is 15.9 Å². The van der Waals surface area contributed by atoms with Gasteiger partial charge in [-0.1, -0.05) is 0 Å². The van der Waals surface area contributed by atoms with E-state index in [1.807, 2.05) is 0 Å². The molecular formula is C24H25BrN4O7S. The van der Waals surface area contributed by atoms with E-state index in [4.69, 9.17) is 18.9 Å². The van der Waals surface area contributed by atoms with Gasteiger partial charge in [0.1, 0.15) is 12.4 Å². The Morgan fingerprint density at radius 2 is 1.89 bits per heavy atom. The molecule has 2 N–H and O–H groups in total. The number of hydrogen-bond acceptors (Lipinski definition) is 9. The zero-order valence-electron chi connectivity index (χ0n) is 20.1. The highest BCUT2D eigenvalue weighted by molar-refractivity contribution is 9.10. The number of rotatable bonds is 10. The largest absolute Gasteiger partial charge is 0.490 e. The van der Waals surface area contributed by atoms with Crippen molar-refractivity contribution in [1.82, 2.24) is 9.97 Å². The van der Waals surface area contributed by atoms with Gasteiger partial charge in [-0.25, -0.2) is 8.42 Å². The van der Waals surface area contributed by atoms with E-state index in [-0.39, 0.29) is 34.6 Å². The molecule has 1 fully saturated rings. The Balaban J connectivity index is 1.39. The van der Waals surface area contributed by atoms with Crippen LogP contribution in [0.1, 0.15) is 23.2 Å². The fourth-order valence-electron chi connectivity index (χ4n) is 3.49. The fourth-order valence-corrected chi connectivity index (χ4v) is 4.97. The van der Waals surface area contributed by atoms with E-state index in [9.17, 15) is 13.2 Å². The zero-order chi connectivity index (χ0) is 26.4. The number of halogens is 1. The van der Waals surface area contributed by atoms with Gasteiger partial charge in [-0.2, -0.15) is 9.97 Å². The molecule has 2 aromatic carbocycles. The van der Waals surface area contributed by atoms with Crippen molar-refractivity contribution >= 4 is 43.4 Å². The van der Waals surface area contributed by atoms with Crippen molar-refractivity contribution in [2.24, 2.45) is 0 Å². The molecule has 3 aromatic rings. The fraction of sp³-hybridized carbons (Fsp3) is 0.292. The maximum Gasteiger partial charge on any atom is 0.321 e. The van der Waals surface area contributed by atoms with Gasteiger partial charge >= 0.3 is 6.01 Å². The van der Waals surface area contributed by atoms with Crippen LogP contribution in [-0.4, -0.2) is 57.8 Å². The molecule has 0 bridgehead atoms. The molecule has 2 heterocycles. The Morgan fingerprint density at radius 3 is 2.54 bits per heavy atom. The molecule has 0 radical (unpaired) electrons. The van der Waals surface area contributed by atoms with Crippen molar-refractivity contribution in [3.8, 4) is 17.6 Å². The number of carbonyl (C=O) groups excluding carboxylic acids is 1. The van der Waals surface area contributed by atoms with Gasteiger partial charge in [0, 0.05) is 23.9 Å². The molecule has 1 unspecified atom stereocenters. The predicted octanol–water partition coefficient (Wildman–Crippen LogP) is 3.87. The van der Waals surface area contributed by atoms with Crippen LogP contribution in [0.25, 0.3) is 0 Å². The first-order chi connectivity index (χ1) is 17.8. The van der Waals surface area contributed by atoms with Crippen LogP contribution in [-0.2, 0) is 14.8 Å². The van der Waals surface area contributed by atoms with Crippen LogP contribution in [0.15, 0.2) is 57.9 Å². The number of nitrogens with one attached hydrogen (secondary N) is 2. The number of hydrogen-bond donors (Lipinski definition) is 2. The highest BCUT2D eigenvalue weighted by Crippen LogP contribution is 2.28. The van der Waals surface area contributed by atoms with E-state index < -0.39 is 10.0 Å². The molecule has 196 valence electrons. The summed E-state index contributed by atoms with van der Waals surface area (Å²) in [5.41, 5.74) is 0.825. The van der Waals surface area contributed by atoms with E-state index >= 15 is 0 Å². The first-order valence-electron chi connectivity index (χ1n) is 11.2. The minimum absolute atomic E-state index is 0.0187. The summed E-state index contributed by atoms with van der Waals surface area (Å²) in [5, 5.41) is 2.75. The molecule has 1 aromatic heterocycles. The summed E-state index contributed by atoms with van der Waals surface area (Å²) < 4.78 is 49.9. The number of anilines is 2. The number of nitrogens with zero attached hydrogens (tertiary/aromatic N) is 2. The van der Waals surface area contributed by atoms with Gasteiger partial charge < -0.3 is 24.3 Å². The van der Waals surface area contributed by atoms with E-state index in [1.165, 1.54) is 44.6 Å². The number of ether oxygens (including phenoxy) is 4. The van der Waals surface area contributed by atoms with E-state index in [2.05, 4.69) is 35.9 Å². The maximum atomic E-state index is 12.8. The van der Waals surface area contributed by atoms with E-state index in [0.29, 0.717) is 28.1 Å². The highest BCUT2D eigenvalue weighted by Gasteiger charge is 2.19. The van der Waals surface area contributed by atoms with Crippen LogP contribution >= 0.6 is 15.9 Å². The normalized spacial score (nSPS) is 15.2. The van der Waals surface area contributed by atoms with Crippen LogP contribution in [0.3, 0.4) is 0 Å².